The molecular weight excluding hydrogens is 660 g/mol. The van der Waals surface area contributed by atoms with Crippen LogP contribution in [0.15, 0.2) is 48.5 Å². The van der Waals surface area contributed by atoms with Crippen molar-refractivity contribution in [1.82, 2.24) is 20.9 Å². The molecule has 0 aromatic heterocycles. The van der Waals surface area contributed by atoms with Crippen LogP contribution in [0.4, 0.5) is 16.2 Å². The summed E-state index contributed by atoms with van der Waals surface area (Å²) in [7, 11) is 0. The Balaban J connectivity index is 1.65. The van der Waals surface area contributed by atoms with Crippen LogP contribution in [0.25, 0.3) is 0 Å². The molecule has 51 heavy (non-hydrogen) atoms. The molecule has 0 aliphatic carbocycles. The number of para-hydroxylation sites is 1. The van der Waals surface area contributed by atoms with Crippen molar-refractivity contribution in [3.05, 3.63) is 59.7 Å². The quantitative estimate of drug-likeness (QED) is 0.136. The van der Waals surface area contributed by atoms with Crippen LogP contribution in [0.2, 0.25) is 0 Å². The first-order valence-electron chi connectivity index (χ1n) is 16.9. The highest BCUT2D eigenvalue weighted by Crippen LogP contribution is 2.21. The number of anilines is 2. The average Bonchev–Trinajstić information content (AvgIpc) is 3.55. The molecule has 0 bridgehead atoms. The molecule has 0 unspecified atom stereocenters. The summed E-state index contributed by atoms with van der Waals surface area (Å²) in [5, 5.41) is 32.2. The van der Waals surface area contributed by atoms with Gasteiger partial charge in [0.05, 0.1) is 12.8 Å². The van der Waals surface area contributed by atoms with Crippen molar-refractivity contribution in [2.45, 2.75) is 90.9 Å². The fourth-order valence-electron chi connectivity index (χ4n) is 5.73. The standard InChI is InChI=1S/C36H48N6O9/c1-20(2)17-26(38-29(43)18-23-12-14-24(15-13-23)37-36(51)40-25-10-7-6-9-22(25)5)32(46)39-27(19-30(44)45)33(47)41-31(21(3)4)34(48)42-16-8-11-28(42)35(49)50/h6-7,9-10,12-15,20-21,26-28,31H,8,11,16-19H2,1-5H3,(H,38,43)(H,39,46)(H,41,47)(H,44,45)(H,49,50)(H2,37,40,51)/t26-,27-,28-,31-/m0/s1. The van der Waals surface area contributed by atoms with E-state index in [-0.39, 0.29) is 31.7 Å². The fourth-order valence-corrected chi connectivity index (χ4v) is 5.73. The Kier molecular flexibility index (Phi) is 14.5. The number of carbonyl (C=O) groups excluding carboxylic acids is 5. The summed E-state index contributed by atoms with van der Waals surface area (Å²) in [6, 6.07) is 8.57. The molecule has 0 radical (unpaired) electrons. The number of amides is 6. The van der Waals surface area contributed by atoms with E-state index in [0.29, 0.717) is 23.4 Å². The number of benzene rings is 2. The molecule has 2 aromatic rings. The first kappa shape index (κ1) is 40.0. The average molecular weight is 709 g/mol. The summed E-state index contributed by atoms with van der Waals surface area (Å²) in [5.41, 5.74) is 2.66. The number of urea groups is 1. The van der Waals surface area contributed by atoms with Crippen LogP contribution >= 0.6 is 0 Å². The van der Waals surface area contributed by atoms with Gasteiger partial charge in [-0.3, -0.25) is 24.0 Å². The highest BCUT2D eigenvalue weighted by molar-refractivity contribution is 6.00. The number of carboxylic acids is 2. The summed E-state index contributed by atoms with van der Waals surface area (Å²) in [6.07, 6.45) is 0.0256. The minimum atomic E-state index is -1.59. The Bertz CT molecular complexity index is 1590. The van der Waals surface area contributed by atoms with E-state index < -0.39 is 78.1 Å². The molecule has 15 nitrogen and oxygen atoms in total. The number of hydrogen-bond donors (Lipinski definition) is 7. The predicted octanol–water partition coefficient (Wildman–Crippen LogP) is 2.89. The van der Waals surface area contributed by atoms with Gasteiger partial charge in [0.2, 0.25) is 23.6 Å². The van der Waals surface area contributed by atoms with Crippen LogP contribution in [0, 0.1) is 18.8 Å². The minimum Gasteiger partial charge on any atom is -0.481 e. The lowest BCUT2D eigenvalue weighted by Gasteiger charge is -2.30. The number of carbonyl (C=O) groups is 7. The summed E-state index contributed by atoms with van der Waals surface area (Å²) in [4.78, 5) is 90.2. The number of hydrogen-bond acceptors (Lipinski definition) is 7. The second kappa shape index (κ2) is 18.5. The smallest absolute Gasteiger partial charge is 0.326 e. The molecule has 6 amide bonds. The van der Waals surface area contributed by atoms with E-state index in [4.69, 9.17) is 0 Å². The first-order chi connectivity index (χ1) is 24.0. The number of nitrogens with zero attached hydrogens (tertiary/aromatic N) is 1. The van der Waals surface area contributed by atoms with Crippen molar-refractivity contribution in [1.29, 1.82) is 0 Å². The molecule has 4 atom stereocenters. The maximum absolute atomic E-state index is 13.5. The number of carboxylic acid groups (broad SMARTS) is 2. The Labute approximate surface area is 296 Å². The molecule has 0 saturated carbocycles. The van der Waals surface area contributed by atoms with Gasteiger partial charge < -0.3 is 41.7 Å². The van der Waals surface area contributed by atoms with Crippen LogP contribution in [0.5, 0.6) is 0 Å². The highest BCUT2D eigenvalue weighted by atomic mass is 16.4. The van der Waals surface area contributed by atoms with Crippen molar-refractivity contribution >= 4 is 53.0 Å². The Morgan fingerprint density at radius 2 is 1.47 bits per heavy atom. The second-order valence-corrected chi connectivity index (χ2v) is 13.4. The SMILES string of the molecule is Cc1ccccc1NC(=O)Nc1ccc(CC(=O)N[C@@H](CC(C)C)C(=O)N[C@@H](CC(=O)O)C(=O)N[C@H](C(=O)N2CCC[C@H]2C(=O)O)C(C)C)cc1. The first-order valence-corrected chi connectivity index (χ1v) is 16.9. The summed E-state index contributed by atoms with van der Waals surface area (Å²) >= 11 is 0. The van der Waals surface area contributed by atoms with Crippen molar-refractivity contribution < 1.29 is 43.8 Å². The van der Waals surface area contributed by atoms with Crippen molar-refractivity contribution in [3.63, 3.8) is 0 Å². The van der Waals surface area contributed by atoms with Gasteiger partial charge in [-0.05, 0) is 67.3 Å². The lowest BCUT2D eigenvalue weighted by atomic mass is 10.00. The molecule has 1 heterocycles. The van der Waals surface area contributed by atoms with Crippen LogP contribution in [-0.2, 0) is 35.2 Å². The van der Waals surface area contributed by atoms with Crippen LogP contribution < -0.4 is 26.6 Å². The number of likely N-dealkylation sites (tertiary alicyclic amines) is 1. The van der Waals surface area contributed by atoms with E-state index in [9.17, 15) is 43.8 Å². The second-order valence-electron chi connectivity index (χ2n) is 13.4. The topological polar surface area (TPSA) is 223 Å². The lowest BCUT2D eigenvalue weighted by Crippen LogP contribution is -2.59. The lowest BCUT2D eigenvalue weighted by molar-refractivity contribution is -0.150. The Morgan fingerprint density at radius 3 is 2.06 bits per heavy atom. The molecule has 2 aromatic carbocycles. The third kappa shape index (κ3) is 12.1. The third-order valence-electron chi connectivity index (χ3n) is 8.39. The zero-order chi connectivity index (χ0) is 37.8. The van der Waals surface area contributed by atoms with Crippen molar-refractivity contribution in [3.8, 4) is 0 Å². The summed E-state index contributed by atoms with van der Waals surface area (Å²) < 4.78 is 0. The molecule has 7 N–H and O–H groups in total. The van der Waals surface area contributed by atoms with E-state index in [2.05, 4.69) is 26.6 Å². The number of aliphatic carboxylic acids is 2. The summed E-state index contributed by atoms with van der Waals surface area (Å²) in [6.45, 7) is 9.04. The van der Waals surface area contributed by atoms with E-state index >= 15 is 0 Å². The van der Waals surface area contributed by atoms with E-state index in [1.165, 1.54) is 4.90 Å². The normalized spacial score (nSPS) is 15.7. The van der Waals surface area contributed by atoms with E-state index in [0.717, 1.165) is 5.56 Å². The van der Waals surface area contributed by atoms with Gasteiger partial charge in [0, 0.05) is 17.9 Å². The van der Waals surface area contributed by atoms with Crippen molar-refractivity contribution in [2.75, 3.05) is 17.2 Å². The van der Waals surface area contributed by atoms with Crippen LogP contribution in [0.1, 0.15) is 64.5 Å². The highest BCUT2D eigenvalue weighted by Gasteiger charge is 2.40. The van der Waals surface area contributed by atoms with Gasteiger partial charge in [-0.25, -0.2) is 9.59 Å². The van der Waals surface area contributed by atoms with Gasteiger partial charge in [0.25, 0.3) is 0 Å². The number of rotatable bonds is 16. The molecule has 1 aliphatic rings. The monoisotopic (exact) mass is 708 g/mol. The Morgan fingerprint density at radius 1 is 0.824 bits per heavy atom. The molecule has 1 saturated heterocycles. The largest absolute Gasteiger partial charge is 0.481 e. The van der Waals surface area contributed by atoms with E-state index in [1.807, 2.05) is 39.0 Å². The van der Waals surface area contributed by atoms with Crippen LogP contribution in [0.3, 0.4) is 0 Å². The van der Waals surface area contributed by atoms with Gasteiger partial charge in [0.15, 0.2) is 0 Å². The van der Waals surface area contributed by atoms with Gasteiger partial charge >= 0.3 is 18.0 Å². The fraction of sp³-hybridized carbons (Fsp3) is 0.472. The van der Waals surface area contributed by atoms with E-state index in [1.54, 1.807) is 44.2 Å². The minimum absolute atomic E-state index is 0.0745. The van der Waals surface area contributed by atoms with Crippen LogP contribution in [-0.4, -0.2) is 87.4 Å². The molecule has 3 rings (SSSR count). The van der Waals surface area contributed by atoms with Gasteiger partial charge in [-0.1, -0.05) is 58.0 Å². The summed E-state index contributed by atoms with van der Waals surface area (Å²) in [5.74, 6) is -5.92. The zero-order valence-corrected chi connectivity index (χ0v) is 29.5. The van der Waals surface area contributed by atoms with Gasteiger partial charge in [-0.15, -0.1) is 0 Å². The Hall–Kier alpha value is -5.47. The van der Waals surface area contributed by atoms with Gasteiger partial charge in [-0.2, -0.15) is 0 Å². The molecule has 15 heteroatoms. The van der Waals surface area contributed by atoms with Crippen molar-refractivity contribution in [2.24, 2.45) is 11.8 Å². The predicted molar refractivity (Wildman–Crippen MR) is 189 cm³/mol. The molecule has 0 spiro atoms. The molecule has 1 fully saturated rings. The molecular formula is C36H48N6O9. The third-order valence-corrected chi connectivity index (χ3v) is 8.39. The maximum Gasteiger partial charge on any atom is 0.326 e. The maximum atomic E-state index is 13.5. The molecule has 1 aliphatic heterocycles. The number of nitrogens with one attached hydrogen (secondary N) is 5. The zero-order valence-electron chi connectivity index (χ0n) is 29.5. The molecule has 276 valence electrons. The van der Waals surface area contributed by atoms with Gasteiger partial charge in [0.1, 0.15) is 24.2 Å². The number of aryl methyl sites for hydroxylation is 1.